The van der Waals surface area contributed by atoms with Crippen LogP contribution in [0.1, 0.15) is 18.1 Å². The number of hydrogen-bond donors (Lipinski definition) is 0. The first-order valence-electron chi connectivity index (χ1n) is 12.0. The minimum absolute atomic E-state index is 0.0512. The Hall–Kier alpha value is -2.57. The average molecular weight is 451 g/mol. The van der Waals surface area contributed by atoms with Gasteiger partial charge in [0.2, 0.25) is 0 Å². The van der Waals surface area contributed by atoms with E-state index in [2.05, 4.69) is 0 Å². The van der Waals surface area contributed by atoms with Crippen molar-refractivity contribution >= 4 is 0 Å². The summed E-state index contributed by atoms with van der Waals surface area (Å²) in [5.41, 5.74) is 3.12. The molecule has 4 nitrogen and oxygen atoms in total. The normalized spacial score (nSPS) is 23.5. The first kappa shape index (κ1) is 22.2. The molecule has 0 unspecified atom stereocenters. The third kappa shape index (κ3) is 6.27. The molecule has 3 aromatic rings. The van der Waals surface area contributed by atoms with Crippen LogP contribution < -0.4 is 0 Å². The maximum absolute atomic E-state index is 14.3. The van der Waals surface area contributed by atoms with Gasteiger partial charge in [-0.25, -0.2) is 4.39 Å². The molecule has 0 N–H and O–H groups in total. The van der Waals surface area contributed by atoms with Gasteiger partial charge in [-0.3, -0.25) is 4.90 Å². The van der Waals surface area contributed by atoms with Crippen LogP contribution >= 0.6 is 0 Å². The number of benzene rings is 3. The second kappa shape index (κ2) is 12.1. The molecule has 0 bridgehead atoms. The van der Waals surface area contributed by atoms with Crippen molar-refractivity contribution in [2.45, 2.75) is 44.1 Å². The minimum atomic E-state index is -0.612. The van der Waals surface area contributed by atoms with Gasteiger partial charge in [0.1, 0.15) is 18.9 Å². The second-order valence-corrected chi connectivity index (χ2v) is 8.33. The zero-order valence-electron chi connectivity index (χ0n) is 19.8. The van der Waals surface area contributed by atoms with E-state index in [0.29, 0.717) is 26.4 Å². The largest absolute Gasteiger partial charge is 0.375 e. The Kier molecular flexibility index (Phi) is 8.12. The van der Waals surface area contributed by atoms with E-state index in [0.717, 1.165) is 16.7 Å². The summed E-state index contributed by atoms with van der Waals surface area (Å²) in [6.45, 7) is 0.908. The summed E-state index contributed by atoms with van der Waals surface area (Å²) in [7, 11) is -0.0512. The molecular formula is C28H32FNO3. The van der Waals surface area contributed by atoms with Gasteiger partial charge in [0, 0.05) is 1.37 Å². The van der Waals surface area contributed by atoms with Crippen molar-refractivity contribution in [1.82, 2.24) is 4.90 Å². The van der Waals surface area contributed by atoms with Crippen molar-refractivity contribution in [2.24, 2.45) is 0 Å². The van der Waals surface area contributed by atoms with Crippen LogP contribution in [0.3, 0.4) is 0 Å². The van der Waals surface area contributed by atoms with Crippen LogP contribution in [0, 0.1) is 0 Å². The van der Waals surface area contributed by atoms with Gasteiger partial charge < -0.3 is 14.2 Å². The molecule has 0 amide bonds. The van der Waals surface area contributed by atoms with E-state index in [1.807, 2.05) is 95.9 Å². The fourth-order valence-electron chi connectivity index (χ4n) is 4.25. The molecule has 0 aromatic heterocycles. The topological polar surface area (TPSA) is 30.9 Å². The fourth-order valence-corrected chi connectivity index (χ4v) is 4.25. The molecule has 174 valence electrons. The maximum atomic E-state index is 14.3. The van der Waals surface area contributed by atoms with E-state index < -0.39 is 24.9 Å². The highest BCUT2D eigenvalue weighted by Gasteiger charge is 2.49. The van der Waals surface area contributed by atoms with Gasteiger partial charge >= 0.3 is 0 Å². The van der Waals surface area contributed by atoms with Crippen molar-refractivity contribution in [1.29, 1.82) is 0 Å². The first-order chi connectivity index (χ1) is 16.8. The van der Waals surface area contributed by atoms with E-state index in [1.54, 1.807) is 0 Å². The van der Waals surface area contributed by atoms with E-state index >= 15 is 0 Å². The molecule has 0 saturated carbocycles. The highest BCUT2D eigenvalue weighted by Crippen LogP contribution is 2.31. The van der Waals surface area contributed by atoms with E-state index in [4.69, 9.17) is 15.6 Å². The Bertz CT molecular complexity index is 963. The Morgan fingerprint density at radius 2 is 1.15 bits per heavy atom. The van der Waals surface area contributed by atoms with Crippen molar-refractivity contribution in [2.75, 3.05) is 20.3 Å². The van der Waals surface area contributed by atoms with Crippen LogP contribution in [0.15, 0.2) is 91.0 Å². The number of alkyl halides is 1. The number of halogens is 1. The molecule has 0 spiro atoms. The van der Waals surface area contributed by atoms with E-state index in [9.17, 15) is 4.39 Å². The summed E-state index contributed by atoms with van der Waals surface area (Å²) in [6, 6.07) is 28.9. The molecule has 4 atom stereocenters. The van der Waals surface area contributed by atoms with Crippen LogP contribution in [0.5, 0.6) is 0 Å². The predicted molar refractivity (Wildman–Crippen MR) is 127 cm³/mol. The summed E-state index contributed by atoms with van der Waals surface area (Å²) in [5.74, 6) is 0. The Morgan fingerprint density at radius 3 is 1.61 bits per heavy atom. The second-order valence-electron chi connectivity index (χ2n) is 8.33. The van der Waals surface area contributed by atoms with Gasteiger partial charge in [0.15, 0.2) is 0 Å². The molecule has 33 heavy (non-hydrogen) atoms. The molecule has 0 radical (unpaired) electrons. The van der Waals surface area contributed by atoms with Gasteiger partial charge in [-0.1, -0.05) is 91.0 Å². The number of ether oxygens (including phenoxy) is 3. The summed E-state index contributed by atoms with van der Waals surface area (Å²) in [6.07, 6.45) is -0.935. The number of hydrogen-bond acceptors (Lipinski definition) is 4. The summed E-state index contributed by atoms with van der Waals surface area (Å²) in [4.78, 5) is 1.82. The molecule has 4 rings (SSSR count). The quantitative estimate of drug-likeness (QED) is 0.410. The minimum Gasteiger partial charge on any atom is -0.375 e. The van der Waals surface area contributed by atoms with Gasteiger partial charge in [0.25, 0.3) is 0 Å². The monoisotopic (exact) mass is 450 g/mol. The van der Waals surface area contributed by atoms with E-state index in [-0.39, 0.29) is 13.1 Å². The molecule has 1 heterocycles. The van der Waals surface area contributed by atoms with Crippen molar-refractivity contribution in [3.05, 3.63) is 108 Å². The third-order valence-electron chi connectivity index (χ3n) is 6.06. The zero-order valence-corrected chi connectivity index (χ0v) is 18.8. The number of likely N-dealkylation sites (N-methyl/N-ethyl adjacent to an activating group) is 1. The summed E-state index contributed by atoms with van der Waals surface area (Å²) < 4.78 is 41.1. The molecule has 1 saturated heterocycles. The lowest BCUT2D eigenvalue weighted by atomic mass is 10.1. The Balaban J connectivity index is 1.50. The zero-order chi connectivity index (χ0) is 23.6. The van der Waals surface area contributed by atoms with Crippen molar-refractivity contribution in [3.63, 3.8) is 0 Å². The molecule has 5 heteroatoms. The highest BCUT2D eigenvalue weighted by molar-refractivity contribution is 5.16. The van der Waals surface area contributed by atoms with Gasteiger partial charge in [0.05, 0.1) is 38.5 Å². The molecule has 1 fully saturated rings. The lowest BCUT2D eigenvalue weighted by Gasteiger charge is -2.26. The van der Waals surface area contributed by atoms with Crippen molar-refractivity contribution in [3.8, 4) is 0 Å². The molecule has 0 aliphatic carbocycles. The van der Waals surface area contributed by atoms with Crippen molar-refractivity contribution < 1.29 is 20.0 Å². The van der Waals surface area contributed by atoms with Crippen LogP contribution in [0.25, 0.3) is 0 Å². The Morgan fingerprint density at radius 1 is 0.697 bits per heavy atom. The number of nitrogens with zero attached hydrogens (tertiary/aromatic N) is 1. The van der Waals surface area contributed by atoms with Crippen LogP contribution in [-0.2, 0) is 34.0 Å². The predicted octanol–water partition coefficient (Wildman–Crippen LogP) is 5.03. The Labute approximate surface area is 197 Å². The first-order valence-corrected chi connectivity index (χ1v) is 11.3. The van der Waals surface area contributed by atoms with E-state index in [1.165, 1.54) is 0 Å². The lowest BCUT2D eigenvalue weighted by molar-refractivity contribution is -0.0872. The number of rotatable bonds is 11. The van der Waals surface area contributed by atoms with Gasteiger partial charge in [-0.05, 0) is 23.7 Å². The average Bonchev–Trinajstić information content (AvgIpc) is 3.19. The van der Waals surface area contributed by atoms with Crippen LogP contribution in [0.2, 0.25) is 0 Å². The summed E-state index contributed by atoms with van der Waals surface area (Å²) in [5, 5.41) is 0. The smallest absolute Gasteiger partial charge is 0.108 e. The highest BCUT2D eigenvalue weighted by atomic mass is 19.1. The molecule has 3 aromatic carbocycles. The lowest BCUT2D eigenvalue weighted by Crippen LogP contribution is -2.40. The standard InChI is InChI=1S/C28H32FNO3/c1-30-25(17-29)27(32-19-23-13-7-3-8-14-23)28(33-20-24-15-9-4-10-16-24)26(30)21-31-18-22-11-5-2-6-12-22/h2-16,25-28H,17-21H2,1H3/t25-,26-,27+,28+/m0/s1/i1D. The van der Waals surface area contributed by atoms with Crippen LogP contribution in [-0.4, -0.2) is 49.5 Å². The van der Waals surface area contributed by atoms with Gasteiger partial charge in [-0.2, -0.15) is 0 Å². The number of likely N-dealkylation sites (tertiary alicyclic amines) is 1. The SMILES string of the molecule is [2H]CN1[C@@H](CF)[C@@H](OCc2ccccc2)[C@H](OCc2ccccc2)[C@@H]1COCc1ccccc1. The molecule has 1 aliphatic rings. The fraction of sp³-hybridized carbons (Fsp3) is 0.357. The maximum Gasteiger partial charge on any atom is 0.108 e. The molecular weight excluding hydrogens is 417 g/mol. The summed E-state index contributed by atoms with van der Waals surface area (Å²) >= 11 is 0. The van der Waals surface area contributed by atoms with Gasteiger partial charge in [-0.15, -0.1) is 0 Å². The van der Waals surface area contributed by atoms with Crippen LogP contribution in [0.4, 0.5) is 4.39 Å². The third-order valence-corrected chi connectivity index (χ3v) is 6.06. The molecule has 1 aliphatic heterocycles.